The van der Waals surface area contributed by atoms with Crippen LogP contribution in [0.1, 0.15) is 0 Å². The van der Waals surface area contributed by atoms with Crippen molar-refractivity contribution in [3.05, 3.63) is 182 Å². The predicted octanol–water partition coefficient (Wildman–Crippen LogP) is 15.0. The molecule has 0 bridgehead atoms. The molecule has 0 N–H and O–H groups in total. The highest BCUT2D eigenvalue weighted by Crippen LogP contribution is 2.46. The lowest BCUT2D eigenvalue weighted by Crippen LogP contribution is -1.96. The second kappa shape index (κ2) is 11.2. The Morgan fingerprint density at radius 3 is 1.98 bits per heavy atom. The van der Waals surface area contributed by atoms with Gasteiger partial charge in [-0.2, -0.15) is 0 Å². The number of para-hydroxylation sites is 3. The van der Waals surface area contributed by atoms with Crippen molar-refractivity contribution in [3.8, 4) is 22.5 Å². The van der Waals surface area contributed by atoms with Crippen LogP contribution in [0.2, 0.25) is 0 Å². The fourth-order valence-electron chi connectivity index (χ4n) is 9.54. The van der Waals surface area contributed by atoms with E-state index in [1.54, 1.807) is 0 Å². The van der Waals surface area contributed by atoms with Crippen molar-refractivity contribution in [3.63, 3.8) is 0 Å². The lowest BCUT2D eigenvalue weighted by Gasteiger charge is -2.12. The summed E-state index contributed by atoms with van der Waals surface area (Å²) in [6, 6.07) is 66.3. The van der Waals surface area contributed by atoms with Gasteiger partial charge in [0.15, 0.2) is 0 Å². The van der Waals surface area contributed by atoms with Crippen LogP contribution in [-0.4, -0.2) is 9.13 Å². The van der Waals surface area contributed by atoms with Gasteiger partial charge in [-0.1, -0.05) is 133 Å². The number of benzene rings is 9. The van der Waals surface area contributed by atoms with Crippen LogP contribution in [0.15, 0.2) is 186 Å². The van der Waals surface area contributed by atoms with Crippen molar-refractivity contribution in [2.24, 2.45) is 0 Å². The highest BCUT2D eigenvalue weighted by molar-refractivity contribution is 7.26. The van der Waals surface area contributed by atoms with E-state index in [1.165, 1.54) is 85.8 Å². The molecule has 3 nitrogen and oxygen atoms in total. The van der Waals surface area contributed by atoms with Crippen molar-refractivity contribution in [2.75, 3.05) is 0 Å². The van der Waals surface area contributed by atoms with Gasteiger partial charge in [0.05, 0.1) is 27.8 Å². The van der Waals surface area contributed by atoms with E-state index in [4.69, 9.17) is 4.42 Å². The molecule has 0 atom stereocenters. The molecule has 4 heteroatoms. The Morgan fingerprint density at radius 1 is 0.411 bits per heavy atom. The average Bonchev–Trinajstić information content (AvgIpc) is 4.01. The SMILES string of the molecule is c1ccc2c(-n3c4ccccc4c4c3ccc3c5ccccc5n(-c5ccc6oc7c(-c8cccc9c8sc8ccccc89)cccc7c6c5)c34)cccc2c1. The van der Waals surface area contributed by atoms with Crippen LogP contribution in [0.25, 0.3) is 119 Å². The Kier molecular flexibility index (Phi) is 6.04. The second-order valence-electron chi connectivity index (χ2n) is 14.8. The molecule has 260 valence electrons. The zero-order valence-electron chi connectivity index (χ0n) is 30.0. The molecule has 0 saturated carbocycles. The van der Waals surface area contributed by atoms with E-state index in [2.05, 4.69) is 191 Å². The Labute approximate surface area is 324 Å². The summed E-state index contributed by atoms with van der Waals surface area (Å²) in [7, 11) is 0. The average molecular weight is 731 g/mol. The van der Waals surface area contributed by atoms with Crippen LogP contribution in [0.3, 0.4) is 0 Å². The first-order chi connectivity index (χ1) is 27.8. The number of hydrogen-bond acceptors (Lipinski definition) is 2. The molecule has 0 spiro atoms. The molecular weight excluding hydrogens is 701 g/mol. The highest BCUT2D eigenvalue weighted by Gasteiger charge is 2.23. The van der Waals surface area contributed by atoms with Gasteiger partial charge < -0.3 is 13.6 Å². The first-order valence-electron chi connectivity index (χ1n) is 19.1. The fourth-order valence-corrected chi connectivity index (χ4v) is 10.8. The number of furan rings is 1. The number of aromatic nitrogens is 2. The summed E-state index contributed by atoms with van der Waals surface area (Å²) in [6.45, 7) is 0. The monoisotopic (exact) mass is 730 g/mol. The molecule has 0 aliphatic heterocycles. The van der Waals surface area contributed by atoms with E-state index in [0.29, 0.717) is 0 Å². The van der Waals surface area contributed by atoms with E-state index in [-0.39, 0.29) is 0 Å². The number of hydrogen-bond donors (Lipinski definition) is 0. The van der Waals surface area contributed by atoms with E-state index in [1.807, 2.05) is 11.3 Å². The largest absolute Gasteiger partial charge is 0.455 e. The number of nitrogens with zero attached hydrogens (tertiary/aromatic N) is 2. The molecule has 0 aliphatic carbocycles. The van der Waals surface area contributed by atoms with Crippen molar-refractivity contribution in [1.82, 2.24) is 9.13 Å². The molecule has 0 fully saturated rings. The normalized spacial score (nSPS) is 12.3. The standard InChI is InChI=1S/C52H30N2OS/c1-2-14-33-31(12-1)13-9-24-43(33)54-45-23-7-4-17-41(45)49-46(54)28-27-36-34-15-3-6-22-44(34)53(50(36)49)32-26-29-47-42(30-32)38-19-10-18-37(51(38)55-47)40-21-11-20-39-35-16-5-8-25-48(35)56-52(39)40/h1-30H. The number of rotatable bonds is 3. The van der Waals surface area contributed by atoms with Crippen molar-refractivity contribution in [1.29, 1.82) is 0 Å². The number of fused-ring (bicyclic) bond motifs is 14. The summed E-state index contributed by atoms with van der Waals surface area (Å²) in [5, 5.41) is 12.3. The van der Waals surface area contributed by atoms with E-state index in [0.717, 1.165) is 33.2 Å². The van der Waals surface area contributed by atoms with Gasteiger partial charge in [-0.05, 0) is 53.9 Å². The molecule has 56 heavy (non-hydrogen) atoms. The summed E-state index contributed by atoms with van der Waals surface area (Å²) < 4.78 is 14.3. The topological polar surface area (TPSA) is 23.0 Å². The highest BCUT2D eigenvalue weighted by atomic mass is 32.1. The first-order valence-corrected chi connectivity index (χ1v) is 19.9. The van der Waals surface area contributed by atoms with Crippen molar-refractivity contribution in [2.45, 2.75) is 0 Å². The molecule has 13 rings (SSSR count). The number of thiophene rings is 1. The summed E-state index contributed by atoms with van der Waals surface area (Å²) >= 11 is 1.86. The van der Waals surface area contributed by atoms with Crippen molar-refractivity contribution < 1.29 is 4.42 Å². The molecule has 0 aliphatic rings. The van der Waals surface area contributed by atoms with Crippen LogP contribution < -0.4 is 0 Å². The van der Waals surface area contributed by atoms with Gasteiger partial charge in [0.25, 0.3) is 0 Å². The quantitative estimate of drug-likeness (QED) is 0.177. The zero-order valence-corrected chi connectivity index (χ0v) is 30.8. The minimum Gasteiger partial charge on any atom is -0.455 e. The maximum absolute atomic E-state index is 6.82. The lowest BCUT2D eigenvalue weighted by molar-refractivity contribution is 0.670. The zero-order chi connectivity index (χ0) is 36.5. The van der Waals surface area contributed by atoms with Gasteiger partial charge in [0.1, 0.15) is 11.2 Å². The Morgan fingerprint density at radius 2 is 1.09 bits per heavy atom. The van der Waals surface area contributed by atoms with Crippen LogP contribution in [0, 0.1) is 0 Å². The molecular formula is C52H30N2OS. The maximum Gasteiger partial charge on any atom is 0.143 e. The third-order valence-electron chi connectivity index (χ3n) is 11.9. The minimum absolute atomic E-state index is 0.887. The predicted molar refractivity (Wildman–Crippen MR) is 238 cm³/mol. The van der Waals surface area contributed by atoms with Gasteiger partial charge in [-0.3, -0.25) is 0 Å². The van der Waals surface area contributed by atoms with Crippen LogP contribution in [0.4, 0.5) is 0 Å². The first kappa shape index (κ1) is 30.2. The second-order valence-corrected chi connectivity index (χ2v) is 15.9. The van der Waals surface area contributed by atoms with Crippen molar-refractivity contribution >= 4 is 108 Å². The van der Waals surface area contributed by atoms with Gasteiger partial charge in [-0.15, -0.1) is 11.3 Å². The molecule has 9 aromatic carbocycles. The Hall–Kier alpha value is -7.14. The van der Waals surface area contributed by atoms with E-state index in [9.17, 15) is 0 Å². The van der Waals surface area contributed by atoms with E-state index < -0.39 is 0 Å². The third kappa shape index (κ3) is 4.01. The summed E-state index contributed by atoms with van der Waals surface area (Å²) in [5.74, 6) is 0. The molecule has 0 radical (unpaired) electrons. The van der Waals surface area contributed by atoms with E-state index >= 15 is 0 Å². The summed E-state index contributed by atoms with van der Waals surface area (Å²) in [6.07, 6.45) is 0. The summed E-state index contributed by atoms with van der Waals surface area (Å²) in [5.41, 5.74) is 11.2. The third-order valence-corrected chi connectivity index (χ3v) is 13.1. The fraction of sp³-hybridized carbons (Fsp3) is 0. The van der Waals surface area contributed by atoms with Gasteiger partial charge in [0.2, 0.25) is 0 Å². The molecule has 13 aromatic rings. The molecule has 0 amide bonds. The van der Waals surface area contributed by atoms with Crippen LogP contribution in [0.5, 0.6) is 0 Å². The molecule has 4 aromatic heterocycles. The summed E-state index contributed by atoms with van der Waals surface area (Å²) in [4.78, 5) is 0. The smallest absolute Gasteiger partial charge is 0.143 e. The maximum atomic E-state index is 6.82. The van der Waals surface area contributed by atoms with Crippen LogP contribution >= 0.6 is 11.3 Å². The van der Waals surface area contributed by atoms with Gasteiger partial charge in [0, 0.05) is 74.7 Å². The molecule has 4 heterocycles. The Balaban J connectivity index is 1.10. The van der Waals surface area contributed by atoms with Gasteiger partial charge in [-0.25, -0.2) is 0 Å². The van der Waals surface area contributed by atoms with Gasteiger partial charge >= 0.3 is 0 Å². The Bertz CT molecular complexity index is 3770. The minimum atomic E-state index is 0.887. The molecule has 0 unspecified atom stereocenters. The van der Waals surface area contributed by atoms with Crippen LogP contribution in [-0.2, 0) is 0 Å². The lowest BCUT2D eigenvalue weighted by atomic mass is 10.00. The molecule has 0 saturated heterocycles.